The predicted octanol–water partition coefficient (Wildman–Crippen LogP) is 5.69. The Morgan fingerprint density at radius 2 is 2.07 bits per heavy atom. The maximum Gasteiger partial charge on any atom is 0.260 e. The Morgan fingerprint density at radius 1 is 1.23 bits per heavy atom. The Bertz CT molecular complexity index is 1170. The Balaban J connectivity index is 0.00000256. The van der Waals surface area contributed by atoms with Gasteiger partial charge in [0.25, 0.3) is 5.91 Å². The molecular weight excluding hydrogens is 498 g/mol. The largest absolute Gasteiger partial charge is 0.337 e. The van der Waals surface area contributed by atoms with Gasteiger partial charge in [-0.2, -0.15) is 0 Å². The van der Waals surface area contributed by atoms with Crippen molar-refractivity contribution in [3.05, 3.63) is 76.8 Å². The number of aryl methyl sites for hydroxylation is 1. The number of benzene rings is 2. The monoisotopic (exact) mass is 512 g/mol. The minimum atomic E-state index is -0.740. The van der Waals surface area contributed by atoms with Crippen molar-refractivity contribution < 1.29 is 13.6 Å². The van der Waals surface area contributed by atoms with E-state index in [1.807, 2.05) is 16.8 Å². The molecule has 0 aliphatic heterocycles. The lowest BCUT2D eigenvalue weighted by molar-refractivity contribution is 0.0986. The summed E-state index contributed by atoms with van der Waals surface area (Å²) in [5.41, 5.74) is 0.543. The second-order valence-corrected chi connectivity index (χ2v) is 8.28. The lowest BCUT2D eigenvalue weighted by atomic mass is 10.2. The van der Waals surface area contributed by atoms with E-state index in [4.69, 9.17) is 0 Å². The maximum atomic E-state index is 14.1. The first-order valence-electron chi connectivity index (χ1n) is 8.80. The highest BCUT2D eigenvalue weighted by Gasteiger charge is 2.22. The molecule has 0 aliphatic carbocycles. The summed E-state index contributed by atoms with van der Waals surface area (Å²) in [6.07, 6.45) is 5.88. The van der Waals surface area contributed by atoms with Gasteiger partial charge in [-0.15, -0.1) is 12.4 Å². The first-order valence-corrected chi connectivity index (χ1v) is 10.4. The molecule has 0 saturated heterocycles. The lowest BCUT2D eigenvalue weighted by Gasteiger charge is -2.20. The molecule has 156 valence electrons. The van der Waals surface area contributed by atoms with Crippen LogP contribution in [0, 0.1) is 11.6 Å². The molecule has 10 heteroatoms. The summed E-state index contributed by atoms with van der Waals surface area (Å²) in [5.74, 6) is -1.66. The molecule has 30 heavy (non-hydrogen) atoms. The molecule has 2 heterocycles. The summed E-state index contributed by atoms with van der Waals surface area (Å²) in [6, 6.07) is 9.06. The van der Waals surface area contributed by atoms with E-state index >= 15 is 0 Å². The van der Waals surface area contributed by atoms with E-state index in [-0.39, 0.29) is 23.8 Å². The number of hydrogen-bond donors (Lipinski definition) is 0. The summed E-state index contributed by atoms with van der Waals surface area (Å²) in [4.78, 5) is 23.0. The molecule has 0 saturated carbocycles. The summed E-state index contributed by atoms with van der Waals surface area (Å²) in [6.45, 7) is 1.03. The Hall–Kier alpha value is -2.36. The van der Waals surface area contributed by atoms with E-state index in [1.54, 1.807) is 30.7 Å². The standard InChI is InChI=1S/C20H15BrF2N4OS.ClH/c21-14-4-1-3-13(9-14)19(28)27(7-2-6-26-8-5-24-12-26)20-25-18-16(23)10-15(22)11-17(18)29-20;/h1,3-5,8-12H,2,6-7H2;1H. The number of amides is 1. The third-order valence-electron chi connectivity index (χ3n) is 4.31. The molecule has 1 amide bonds. The maximum absolute atomic E-state index is 14.1. The van der Waals surface area contributed by atoms with Crippen LogP contribution in [0.15, 0.2) is 59.6 Å². The van der Waals surface area contributed by atoms with Gasteiger partial charge in [0.15, 0.2) is 10.9 Å². The number of nitrogens with zero attached hydrogens (tertiary/aromatic N) is 4. The van der Waals surface area contributed by atoms with Crippen molar-refractivity contribution in [2.45, 2.75) is 13.0 Å². The average Bonchev–Trinajstić information content (AvgIpc) is 3.34. The van der Waals surface area contributed by atoms with Gasteiger partial charge in [0.05, 0.1) is 11.0 Å². The molecule has 0 radical (unpaired) electrons. The summed E-state index contributed by atoms with van der Waals surface area (Å²) < 4.78 is 30.8. The van der Waals surface area contributed by atoms with Crippen molar-refractivity contribution in [3.8, 4) is 0 Å². The molecule has 0 unspecified atom stereocenters. The van der Waals surface area contributed by atoms with Gasteiger partial charge < -0.3 is 4.57 Å². The molecule has 0 bridgehead atoms. The first-order chi connectivity index (χ1) is 14.0. The van der Waals surface area contributed by atoms with Gasteiger partial charge in [-0.1, -0.05) is 33.3 Å². The molecule has 0 aliphatic rings. The number of carbonyl (C=O) groups excluding carboxylic acids is 1. The van der Waals surface area contributed by atoms with Gasteiger partial charge in [0.1, 0.15) is 11.3 Å². The fourth-order valence-electron chi connectivity index (χ4n) is 2.95. The number of anilines is 1. The second kappa shape index (κ2) is 9.63. The topological polar surface area (TPSA) is 51.0 Å². The molecule has 0 fully saturated rings. The number of halogens is 4. The number of aromatic nitrogens is 3. The van der Waals surface area contributed by atoms with Crippen LogP contribution in [0.5, 0.6) is 0 Å². The molecule has 0 atom stereocenters. The minimum absolute atomic E-state index is 0. The number of rotatable bonds is 6. The smallest absolute Gasteiger partial charge is 0.260 e. The molecule has 2 aromatic carbocycles. The number of carbonyl (C=O) groups is 1. The fraction of sp³-hybridized carbons (Fsp3) is 0.150. The van der Waals surface area contributed by atoms with Crippen molar-refractivity contribution >= 4 is 60.9 Å². The highest BCUT2D eigenvalue weighted by Crippen LogP contribution is 2.32. The van der Waals surface area contributed by atoms with Crippen LogP contribution in [-0.4, -0.2) is 27.0 Å². The highest BCUT2D eigenvalue weighted by atomic mass is 79.9. The minimum Gasteiger partial charge on any atom is -0.337 e. The van der Waals surface area contributed by atoms with Crippen molar-refractivity contribution in [2.24, 2.45) is 0 Å². The molecule has 2 aromatic heterocycles. The van der Waals surface area contributed by atoms with E-state index < -0.39 is 11.6 Å². The third kappa shape index (κ3) is 4.85. The van der Waals surface area contributed by atoms with Crippen LogP contribution in [0.3, 0.4) is 0 Å². The van der Waals surface area contributed by atoms with E-state index in [0.29, 0.717) is 34.9 Å². The zero-order valence-electron chi connectivity index (χ0n) is 15.5. The zero-order valence-corrected chi connectivity index (χ0v) is 18.7. The van der Waals surface area contributed by atoms with Crippen molar-refractivity contribution in [3.63, 3.8) is 0 Å². The van der Waals surface area contributed by atoms with Crippen LogP contribution in [0.25, 0.3) is 10.2 Å². The molecule has 5 nitrogen and oxygen atoms in total. The normalized spacial score (nSPS) is 10.8. The Kier molecular flexibility index (Phi) is 7.17. The van der Waals surface area contributed by atoms with E-state index in [2.05, 4.69) is 25.9 Å². The Labute approximate surface area is 189 Å². The summed E-state index contributed by atoms with van der Waals surface area (Å²) >= 11 is 4.47. The highest BCUT2D eigenvalue weighted by molar-refractivity contribution is 9.10. The number of thiazole rings is 1. The molecule has 4 aromatic rings. The quantitative estimate of drug-likeness (QED) is 0.333. The predicted molar refractivity (Wildman–Crippen MR) is 119 cm³/mol. The van der Waals surface area contributed by atoms with Crippen molar-refractivity contribution in [1.82, 2.24) is 14.5 Å². The van der Waals surface area contributed by atoms with Crippen LogP contribution in [0.1, 0.15) is 16.8 Å². The summed E-state index contributed by atoms with van der Waals surface area (Å²) in [7, 11) is 0. The van der Waals surface area contributed by atoms with Gasteiger partial charge in [0, 0.05) is 41.6 Å². The van der Waals surface area contributed by atoms with Crippen molar-refractivity contribution in [2.75, 3.05) is 11.4 Å². The van der Waals surface area contributed by atoms with E-state index in [9.17, 15) is 13.6 Å². The van der Waals surface area contributed by atoms with Crippen LogP contribution in [0.2, 0.25) is 0 Å². The number of fused-ring (bicyclic) bond motifs is 1. The number of hydrogen-bond acceptors (Lipinski definition) is 4. The van der Waals surface area contributed by atoms with E-state index in [1.165, 1.54) is 11.0 Å². The summed E-state index contributed by atoms with van der Waals surface area (Å²) in [5, 5.41) is 0.333. The van der Waals surface area contributed by atoms with Gasteiger partial charge in [0.2, 0.25) is 0 Å². The molecular formula is C20H16BrClF2N4OS. The van der Waals surface area contributed by atoms with Gasteiger partial charge >= 0.3 is 0 Å². The molecule has 4 rings (SSSR count). The van der Waals surface area contributed by atoms with Gasteiger partial charge in [-0.3, -0.25) is 9.69 Å². The van der Waals surface area contributed by atoms with Crippen LogP contribution in [-0.2, 0) is 6.54 Å². The SMILES string of the molecule is Cl.O=C(c1cccc(Br)c1)N(CCCn1ccnc1)c1nc2c(F)cc(F)cc2s1. The molecule has 0 spiro atoms. The van der Waals surface area contributed by atoms with Gasteiger partial charge in [-0.25, -0.2) is 18.7 Å². The van der Waals surface area contributed by atoms with E-state index in [0.717, 1.165) is 21.9 Å². The third-order valence-corrected chi connectivity index (χ3v) is 5.83. The number of imidazole rings is 1. The zero-order chi connectivity index (χ0) is 20.4. The molecule has 0 N–H and O–H groups in total. The van der Waals surface area contributed by atoms with Gasteiger partial charge in [-0.05, 0) is 30.7 Å². The first kappa shape index (κ1) is 22.3. The van der Waals surface area contributed by atoms with Crippen LogP contribution in [0.4, 0.5) is 13.9 Å². The lowest BCUT2D eigenvalue weighted by Crippen LogP contribution is -2.32. The Morgan fingerprint density at radius 3 is 2.80 bits per heavy atom. The fourth-order valence-corrected chi connectivity index (χ4v) is 4.38. The van der Waals surface area contributed by atoms with Crippen molar-refractivity contribution in [1.29, 1.82) is 0 Å². The van der Waals surface area contributed by atoms with Crippen LogP contribution >= 0.6 is 39.7 Å². The average molecular weight is 514 g/mol. The van der Waals surface area contributed by atoms with Crippen LogP contribution < -0.4 is 4.90 Å². The second-order valence-electron chi connectivity index (χ2n) is 6.35.